The van der Waals surface area contributed by atoms with Crippen LogP contribution in [0, 0.1) is 0 Å². The summed E-state index contributed by atoms with van der Waals surface area (Å²) in [5.41, 5.74) is 13.4. The van der Waals surface area contributed by atoms with Gasteiger partial charge in [0.2, 0.25) is 0 Å². The second kappa shape index (κ2) is 12.2. The Morgan fingerprint density at radius 3 is 1.82 bits per heavy atom. The molecule has 1 aliphatic carbocycles. The van der Waals surface area contributed by atoms with E-state index in [9.17, 15) is 0 Å². The monoisotopic (exact) mass is 626 g/mol. The Balaban J connectivity index is 1.16. The van der Waals surface area contributed by atoms with Crippen LogP contribution in [0.1, 0.15) is 11.5 Å². The maximum Gasteiger partial charge on any atom is 0.140 e. The molecule has 2 nitrogen and oxygen atoms in total. The third-order valence-electron chi connectivity index (χ3n) is 10.1. The Hall–Kier alpha value is -6.06. The molecule has 0 radical (unpaired) electrons. The summed E-state index contributed by atoms with van der Waals surface area (Å²) in [6.07, 6.45) is 9.07. The van der Waals surface area contributed by atoms with Crippen molar-refractivity contribution in [1.29, 1.82) is 0 Å². The van der Waals surface area contributed by atoms with Crippen LogP contribution < -0.4 is 15.3 Å². The predicted octanol–water partition coefficient (Wildman–Crippen LogP) is 10.6. The summed E-state index contributed by atoms with van der Waals surface area (Å²) in [7, 11) is 2.19. The van der Waals surface area contributed by atoms with E-state index in [4.69, 9.17) is 0 Å². The first-order valence-corrected chi connectivity index (χ1v) is 17.1. The number of hydrogen-bond donors (Lipinski definition) is 0. The Morgan fingerprint density at radius 1 is 0.490 bits per heavy atom. The summed E-state index contributed by atoms with van der Waals surface area (Å²) < 4.78 is 0. The summed E-state index contributed by atoms with van der Waals surface area (Å²) in [5, 5.41) is 2.59. The molecule has 232 valence electrons. The summed E-state index contributed by atoms with van der Waals surface area (Å²) in [5.74, 6) is 0.277. The average molecular weight is 627 g/mol. The molecule has 0 saturated carbocycles. The van der Waals surface area contributed by atoms with Gasteiger partial charge in [-0.05, 0) is 93.2 Å². The van der Waals surface area contributed by atoms with Crippen molar-refractivity contribution in [2.45, 2.75) is 12.0 Å². The fourth-order valence-electron chi connectivity index (χ4n) is 7.73. The average Bonchev–Trinajstić information content (AvgIpc) is 3.50. The van der Waals surface area contributed by atoms with Crippen molar-refractivity contribution in [3.63, 3.8) is 0 Å². The molecule has 49 heavy (non-hydrogen) atoms. The van der Waals surface area contributed by atoms with Gasteiger partial charge in [0.1, 0.15) is 7.85 Å². The van der Waals surface area contributed by atoms with E-state index >= 15 is 0 Å². The van der Waals surface area contributed by atoms with Crippen molar-refractivity contribution in [2.75, 3.05) is 9.80 Å². The molecule has 7 aromatic carbocycles. The van der Waals surface area contributed by atoms with E-state index in [1.807, 2.05) is 0 Å². The minimum atomic E-state index is 0.250. The number of allylic oxidation sites excluding steroid dienone is 2. The van der Waals surface area contributed by atoms with E-state index in [0.717, 1.165) is 17.1 Å². The van der Waals surface area contributed by atoms with Gasteiger partial charge in [0.15, 0.2) is 0 Å². The molecular weight excluding hydrogens is 591 g/mol. The molecule has 1 aliphatic heterocycles. The number of para-hydroxylation sites is 1. The van der Waals surface area contributed by atoms with Crippen LogP contribution in [0.25, 0.3) is 33.0 Å². The predicted molar refractivity (Wildman–Crippen MR) is 211 cm³/mol. The van der Waals surface area contributed by atoms with Gasteiger partial charge in [0.25, 0.3) is 0 Å². The lowest BCUT2D eigenvalue weighted by Crippen LogP contribution is -2.28. The van der Waals surface area contributed by atoms with Gasteiger partial charge in [-0.2, -0.15) is 0 Å². The lowest BCUT2D eigenvalue weighted by Gasteiger charge is -2.28. The fraction of sp³-hybridized carbons (Fsp3) is 0.0435. The SMILES string of the molecule is Bc1ccc(-c2ccc(N(c3ccc(-c4ccccc4)cc3)c3ccc4c(c3)C3C=CC=CC3N4c3ccccc3)cc2)c2ccccc12. The summed E-state index contributed by atoms with van der Waals surface area (Å²) in [4.78, 5) is 4.89. The number of rotatable bonds is 6. The molecule has 0 amide bonds. The molecule has 0 spiro atoms. The van der Waals surface area contributed by atoms with E-state index < -0.39 is 0 Å². The zero-order valence-electron chi connectivity index (χ0n) is 27.4. The first-order valence-electron chi connectivity index (χ1n) is 17.1. The molecule has 0 bridgehead atoms. The highest BCUT2D eigenvalue weighted by Crippen LogP contribution is 2.50. The quantitative estimate of drug-likeness (QED) is 0.170. The van der Waals surface area contributed by atoms with Gasteiger partial charge in [-0.15, -0.1) is 0 Å². The summed E-state index contributed by atoms with van der Waals surface area (Å²) in [6.45, 7) is 0. The number of hydrogen-bond acceptors (Lipinski definition) is 2. The van der Waals surface area contributed by atoms with E-state index in [2.05, 4.69) is 206 Å². The van der Waals surface area contributed by atoms with Crippen molar-refractivity contribution >= 4 is 52.5 Å². The molecule has 2 atom stereocenters. The molecule has 0 saturated heterocycles. The third kappa shape index (κ3) is 5.15. The Labute approximate surface area is 289 Å². The van der Waals surface area contributed by atoms with Crippen LogP contribution in [0.3, 0.4) is 0 Å². The second-order valence-corrected chi connectivity index (χ2v) is 13.0. The van der Waals surface area contributed by atoms with Crippen molar-refractivity contribution in [3.8, 4) is 22.3 Å². The van der Waals surface area contributed by atoms with Gasteiger partial charge in [-0.3, -0.25) is 0 Å². The fourth-order valence-corrected chi connectivity index (χ4v) is 7.73. The number of anilines is 5. The highest BCUT2D eigenvalue weighted by molar-refractivity contribution is 6.39. The van der Waals surface area contributed by atoms with E-state index in [1.165, 1.54) is 55.4 Å². The van der Waals surface area contributed by atoms with Gasteiger partial charge in [0, 0.05) is 34.4 Å². The highest BCUT2D eigenvalue weighted by Gasteiger charge is 2.37. The zero-order chi connectivity index (χ0) is 32.7. The molecule has 2 unspecified atom stereocenters. The normalized spacial score (nSPS) is 16.0. The van der Waals surface area contributed by atoms with Gasteiger partial charge in [-0.25, -0.2) is 0 Å². The lowest BCUT2D eigenvalue weighted by molar-refractivity contribution is 0.745. The number of fused-ring (bicyclic) bond motifs is 4. The van der Waals surface area contributed by atoms with Crippen molar-refractivity contribution in [3.05, 3.63) is 194 Å². The van der Waals surface area contributed by atoms with Crippen LogP contribution in [-0.4, -0.2) is 13.9 Å². The van der Waals surface area contributed by atoms with Crippen molar-refractivity contribution < 1.29 is 0 Å². The van der Waals surface area contributed by atoms with E-state index in [-0.39, 0.29) is 12.0 Å². The first-order chi connectivity index (χ1) is 24.2. The standard InChI is InChI=1S/C46H35BN2/c47-44-29-28-39(40-15-7-8-16-41(40)44)34-21-25-37(26-22-34)48(36-23-19-33(20-24-36)32-11-3-1-4-12-32)38-27-30-46-43(31-38)42-17-9-10-18-45(42)49(46)35-13-5-2-6-14-35/h1-31,42,45H,47H2. The van der Waals surface area contributed by atoms with Gasteiger partial charge >= 0.3 is 0 Å². The molecule has 0 N–H and O–H groups in total. The maximum atomic E-state index is 2.49. The van der Waals surface area contributed by atoms with Crippen LogP contribution in [0.4, 0.5) is 28.4 Å². The minimum Gasteiger partial charge on any atom is -0.333 e. The Morgan fingerprint density at radius 2 is 1.08 bits per heavy atom. The molecule has 0 fully saturated rings. The van der Waals surface area contributed by atoms with Crippen LogP contribution >= 0.6 is 0 Å². The molecule has 9 rings (SSSR count). The molecular formula is C46H35BN2. The smallest absolute Gasteiger partial charge is 0.140 e. The first kappa shape index (κ1) is 29.1. The highest BCUT2D eigenvalue weighted by atomic mass is 15.2. The molecule has 1 heterocycles. The summed E-state index contributed by atoms with van der Waals surface area (Å²) >= 11 is 0. The van der Waals surface area contributed by atoms with Gasteiger partial charge < -0.3 is 9.80 Å². The van der Waals surface area contributed by atoms with Crippen LogP contribution in [0.15, 0.2) is 188 Å². The summed E-state index contributed by atoms with van der Waals surface area (Å²) in [6, 6.07) is 59.9. The topological polar surface area (TPSA) is 6.48 Å². The maximum absolute atomic E-state index is 2.49. The largest absolute Gasteiger partial charge is 0.333 e. The van der Waals surface area contributed by atoms with E-state index in [1.54, 1.807) is 0 Å². The second-order valence-electron chi connectivity index (χ2n) is 13.0. The van der Waals surface area contributed by atoms with E-state index in [0.29, 0.717) is 0 Å². The third-order valence-corrected chi connectivity index (χ3v) is 10.1. The van der Waals surface area contributed by atoms with Crippen molar-refractivity contribution in [2.24, 2.45) is 0 Å². The molecule has 7 aromatic rings. The van der Waals surface area contributed by atoms with Gasteiger partial charge in [0.05, 0.1) is 6.04 Å². The Bertz CT molecular complexity index is 2340. The number of benzene rings is 7. The molecule has 3 heteroatoms. The Kier molecular flexibility index (Phi) is 7.24. The van der Waals surface area contributed by atoms with Crippen LogP contribution in [0.5, 0.6) is 0 Å². The molecule has 2 aliphatic rings. The van der Waals surface area contributed by atoms with Gasteiger partial charge in [-0.1, -0.05) is 139 Å². The minimum absolute atomic E-state index is 0.250. The van der Waals surface area contributed by atoms with Crippen molar-refractivity contribution in [1.82, 2.24) is 0 Å². The van der Waals surface area contributed by atoms with Crippen LogP contribution in [0.2, 0.25) is 0 Å². The zero-order valence-corrected chi connectivity index (χ0v) is 27.4. The lowest BCUT2D eigenvalue weighted by atomic mass is 9.86. The van der Waals surface area contributed by atoms with Crippen LogP contribution in [-0.2, 0) is 0 Å². The number of nitrogens with zero attached hydrogens (tertiary/aromatic N) is 2. The molecule has 0 aromatic heterocycles.